The third-order valence-corrected chi connectivity index (χ3v) is 5.91. The van der Waals surface area contributed by atoms with Gasteiger partial charge in [0.2, 0.25) is 0 Å². The van der Waals surface area contributed by atoms with Gasteiger partial charge in [-0.2, -0.15) is 0 Å². The molecular formula is C27H28Cl2N2O3. The van der Waals surface area contributed by atoms with E-state index in [1.54, 1.807) is 36.4 Å². The standard InChI is InChI=1S/C27H28Cl2N2O3/c1-2-7-21(24-13-12-22(28)15-25(24)29)17-30-26(32)18-34-23-11-6-10-20(14-23)27(33)31-16-19-8-4-3-5-9-19/h3-6,8-15,21H,2,7,16-18H2,1H3,(H,30,32)(H,31,33). The first kappa shape index (κ1) is 25.6. The highest BCUT2D eigenvalue weighted by Crippen LogP contribution is 2.30. The Kier molecular flexibility index (Phi) is 9.80. The molecule has 0 heterocycles. The van der Waals surface area contributed by atoms with Crippen LogP contribution in [0, 0.1) is 0 Å². The van der Waals surface area contributed by atoms with Crippen LogP contribution in [0.1, 0.15) is 47.2 Å². The summed E-state index contributed by atoms with van der Waals surface area (Å²) in [5.41, 5.74) is 2.44. The largest absolute Gasteiger partial charge is 0.484 e. The van der Waals surface area contributed by atoms with Crippen molar-refractivity contribution in [1.82, 2.24) is 10.6 Å². The number of hydrogen-bond donors (Lipinski definition) is 2. The van der Waals surface area contributed by atoms with E-state index in [1.165, 1.54) is 0 Å². The molecular weight excluding hydrogens is 471 g/mol. The fourth-order valence-corrected chi connectivity index (χ4v) is 4.16. The first-order valence-corrected chi connectivity index (χ1v) is 12.0. The molecule has 5 nitrogen and oxygen atoms in total. The molecule has 3 aromatic carbocycles. The summed E-state index contributed by atoms with van der Waals surface area (Å²) in [6.45, 7) is 2.82. The lowest BCUT2D eigenvalue weighted by Crippen LogP contribution is -2.32. The van der Waals surface area contributed by atoms with Crippen LogP contribution in [0.3, 0.4) is 0 Å². The third kappa shape index (κ3) is 7.79. The minimum Gasteiger partial charge on any atom is -0.484 e. The van der Waals surface area contributed by atoms with Crippen molar-refractivity contribution in [2.75, 3.05) is 13.2 Å². The first-order chi connectivity index (χ1) is 16.5. The minimum atomic E-state index is -0.245. The number of benzene rings is 3. The van der Waals surface area contributed by atoms with Gasteiger partial charge in [-0.05, 0) is 47.9 Å². The highest BCUT2D eigenvalue weighted by atomic mass is 35.5. The molecule has 0 bridgehead atoms. The molecule has 0 aliphatic rings. The Morgan fingerprint density at radius 3 is 2.47 bits per heavy atom. The number of carbonyl (C=O) groups excluding carboxylic acids is 2. The summed E-state index contributed by atoms with van der Waals surface area (Å²) in [5.74, 6) is 0.0786. The van der Waals surface area contributed by atoms with Gasteiger partial charge in [-0.15, -0.1) is 0 Å². The number of hydrogen-bond acceptors (Lipinski definition) is 3. The molecule has 0 saturated carbocycles. The molecule has 3 rings (SSSR count). The van der Waals surface area contributed by atoms with Crippen LogP contribution in [0.4, 0.5) is 0 Å². The van der Waals surface area contributed by atoms with E-state index in [0.29, 0.717) is 34.4 Å². The predicted octanol–water partition coefficient (Wildman–Crippen LogP) is 6.00. The molecule has 0 aliphatic heterocycles. The average molecular weight is 499 g/mol. The Morgan fingerprint density at radius 2 is 1.74 bits per heavy atom. The third-order valence-electron chi connectivity index (χ3n) is 5.35. The number of nitrogens with one attached hydrogen (secondary N) is 2. The van der Waals surface area contributed by atoms with Gasteiger partial charge in [0, 0.05) is 34.6 Å². The molecule has 2 N–H and O–H groups in total. The smallest absolute Gasteiger partial charge is 0.257 e. The molecule has 0 aliphatic carbocycles. The van der Waals surface area contributed by atoms with E-state index in [0.717, 1.165) is 24.0 Å². The van der Waals surface area contributed by atoms with E-state index < -0.39 is 0 Å². The van der Waals surface area contributed by atoms with Crippen molar-refractivity contribution >= 4 is 35.0 Å². The lowest BCUT2D eigenvalue weighted by Gasteiger charge is -2.19. The fourth-order valence-electron chi connectivity index (χ4n) is 3.59. The van der Waals surface area contributed by atoms with Gasteiger partial charge in [0.25, 0.3) is 11.8 Å². The fraction of sp³-hybridized carbons (Fsp3) is 0.259. The summed E-state index contributed by atoms with van der Waals surface area (Å²) in [6, 6.07) is 21.9. The zero-order valence-electron chi connectivity index (χ0n) is 19.0. The number of rotatable bonds is 11. The van der Waals surface area contributed by atoms with Gasteiger partial charge in [0.1, 0.15) is 5.75 Å². The maximum absolute atomic E-state index is 12.5. The number of ether oxygens (including phenoxy) is 1. The summed E-state index contributed by atoms with van der Waals surface area (Å²) in [6.07, 6.45) is 1.83. The molecule has 2 amide bonds. The molecule has 3 aromatic rings. The van der Waals surface area contributed by atoms with E-state index in [4.69, 9.17) is 27.9 Å². The van der Waals surface area contributed by atoms with Gasteiger partial charge in [0.15, 0.2) is 6.61 Å². The van der Waals surface area contributed by atoms with Crippen molar-refractivity contribution in [2.45, 2.75) is 32.2 Å². The van der Waals surface area contributed by atoms with E-state index in [1.807, 2.05) is 36.4 Å². The summed E-state index contributed by atoms with van der Waals surface area (Å²) in [7, 11) is 0. The maximum atomic E-state index is 12.5. The van der Waals surface area contributed by atoms with Crippen LogP contribution in [-0.4, -0.2) is 25.0 Å². The molecule has 34 heavy (non-hydrogen) atoms. The second kappa shape index (κ2) is 13.0. The van der Waals surface area contributed by atoms with Crippen molar-refractivity contribution in [3.05, 3.63) is 99.5 Å². The van der Waals surface area contributed by atoms with E-state index in [9.17, 15) is 9.59 Å². The molecule has 0 fully saturated rings. The summed E-state index contributed by atoms with van der Waals surface area (Å²) >= 11 is 12.4. The SMILES string of the molecule is CCCC(CNC(=O)COc1cccc(C(=O)NCc2ccccc2)c1)c1ccc(Cl)cc1Cl. The van der Waals surface area contributed by atoms with Gasteiger partial charge >= 0.3 is 0 Å². The van der Waals surface area contributed by atoms with E-state index >= 15 is 0 Å². The Labute approximate surface area is 210 Å². The van der Waals surface area contributed by atoms with Crippen LogP contribution >= 0.6 is 23.2 Å². The van der Waals surface area contributed by atoms with Gasteiger partial charge in [-0.25, -0.2) is 0 Å². The van der Waals surface area contributed by atoms with Crippen LogP contribution < -0.4 is 15.4 Å². The Bertz CT molecular complexity index is 1110. The summed E-state index contributed by atoms with van der Waals surface area (Å²) in [5, 5.41) is 6.98. The molecule has 7 heteroatoms. The van der Waals surface area contributed by atoms with Crippen LogP contribution in [0.15, 0.2) is 72.8 Å². The van der Waals surface area contributed by atoms with Crippen molar-refractivity contribution in [3.8, 4) is 5.75 Å². The topological polar surface area (TPSA) is 67.4 Å². The molecule has 1 atom stereocenters. The molecule has 1 unspecified atom stereocenters. The van der Waals surface area contributed by atoms with Crippen molar-refractivity contribution in [2.24, 2.45) is 0 Å². The normalized spacial score (nSPS) is 11.5. The Hall–Kier alpha value is -3.02. The molecule has 0 spiro atoms. The lowest BCUT2D eigenvalue weighted by molar-refractivity contribution is -0.123. The average Bonchev–Trinajstić information content (AvgIpc) is 2.85. The Balaban J connectivity index is 1.50. The zero-order valence-corrected chi connectivity index (χ0v) is 20.5. The molecule has 178 valence electrons. The second-order valence-corrected chi connectivity index (χ2v) is 8.78. The van der Waals surface area contributed by atoms with Gasteiger partial charge in [-0.1, -0.05) is 79.0 Å². The highest BCUT2D eigenvalue weighted by molar-refractivity contribution is 6.35. The van der Waals surface area contributed by atoms with Crippen LogP contribution in [0.25, 0.3) is 0 Å². The summed E-state index contributed by atoms with van der Waals surface area (Å²) < 4.78 is 5.62. The highest BCUT2D eigenvalue weighted by Gasteiger charge is 2.16. The van der Waals surface area contributed by atoms with Crippen LogP contribution in [0.5, 0.6) is 5.75 Å². The lowest BCUT2D eigenvalue weighted by atomic mass is 9.94. The van der Waals surface area contributed by atoms with Crippen LogP contribution in [0.2, 0.25) is 10.0 Å². The minimum absolute atomic E-state index is 0.0790. The van der Waals surface area contributed by atoms with Gasteiger partial charge in [0.05, 0.1) is 0 Å². The second-order valence-electron chi connectivity index (χ2n) is 7.94. The van der Waals surface area contributed by atoms with E-state index in [-0.39, 0.29) is 24.3 Å². The van der Waals surface area contributed by atoms with Gasteiger partial charge in [-0.3, -0.25) is 9.59 Å². The zero-order chi connectivity index (χ0) is 24.3. The molecule has 0 saturated heterocycles. The Morgan fingerprint density at radius 1 is 0.941 bits per heavy atom. The first-order valence-electron chi connectivity index (χ1n) is 11.2. The molecule has 0 radical (unpaired) electrons. The van der Waals surface area contributed by atoms with E-state index in [2.05, 4.69) is 17.6 Å². The van der Waals surface area contributed by atoms with Gasteiger partial charge < -0.3 is 15.4 Å². The van der Waals surface area contributed by atoms with Crippen molar-refractivity contribution in [1.29, 1.82) is 0 Å². The maximum Gasteiger partial charge on any atom is 0.257 e. The monoisotopic (exact) mass is 498 g/mol. The number of carbonyl (C=O) groups is 2. The van der Waals surface area contributed by atoms with Crippen LogP contribution in [-0.2, 0) is 11.3 Å². The van der Waals surface area contributed by atoms with Crippen molar-refractivity contribution < 1.29 is 14.3 Å². The van der Waals surface area contributed by atoms with Crippen molar-refractivity contribution in [3.63, 3.8) is 0 Å². The number of halogens is 2. The molecule has 0 aromatic heterocycles. The summed E-state index contributed by atoms with van der Waals surface area (Å²) in [4.78, 5) is 24.9. The number of amides is 2. The predicted molar refractivity (Wildman–Crippen MR) is 137 cm³/mol. The quantitative estimate of drug-likeness (QED) is 0.340.